The van der Waals surface area contributed by atoms with Crippen LogP contribution in [0.25, 0.3) is 0 Å². The summed E-state index contributed by atoms with van der Waals surface area (Å²) in [7, 11) is 0. The molecule has 6 nitrogen and oxygen atoms in total. The Kier molecular flexibility index (Phi) is 5.38. The molecule has 25 heavy (non-hydrogen) atoms. The van der Waals surface area contributed by atoms with Gasteiger partial charge in [0, 0.05) is 24.2 Å². The number of nitrogens with zero attached hydrogens (tertiary/aromatic N) is 2. The van der Waals surface area contributed by atoms with E-state index in [1.807, 2.05) is 18.2 Å². The summed E-state index contributed by atoms with van der Waals surface area (Å²) in [6.07, 6.45) is 1.61. The van der Waals surface area contributed by atoms with E-state index in [9.17, 15) is 9.59 Å². The fourth-order valence-corrected chi connectivity index (χ4v) is 3.25. The molecule has 2 heterocycles. The number of benzene rings is 1. The zero-order valence-corrected chi connectivity index (χ0v) is 14.8. The Bertz CT molecular complexity index is 774. The largest absolute Gasteiger partial charge is 0.361 e. The number of carbonyl (C=O) groups excluding carboxylic acids is 2. The molecule has 0 aliphatic carbocycles. The number of halogens is 1. The molecule has 2 amide bonds. The van der Waals surface area contributed by atoms with Crippen LogP contribution < -0.4 is 5.32 Å². The number of aryl methyl sites for hydroxylation is 1. The van der Waals surface area contributed by atoms with Crippen LogP contribution in [0.4, 0.5) is 0 Å². The van der Waals surface area contributed by atoms with Gasteiger partial charge in [0.25, 0.3) is 0 Å². The normalized spacial score (nSPS) is 16.9. The molecule has 0 saturated carbocycles. The Morgan fingerprint density at radius 1 is 1.40 bits per heavy atom. The van der Waals surface area contributed by atoms with E-state index in [2.05, 4.69) is 10.5 Å². The van der Waals surface area contributed by atoms with Crippen LogP contribution in [0.15, 0.2) is 34.9 Å². The predicted octanol–water partition coefficient (Wildman–Crippen LogP) is 2.49. The van der Waals surface area contributed by atoms with Crippen LogP contribution in [0.3, 0.4) is 0 Å². The quantitative estimate of drug-likeness (QED) is 0.887. The summed E-state index contributed by atoms with van der Waals surface area (Å²) >= 11 is 5.95. The van der Waals surface area contributed by atoms with Crippen molar-refractivity contribution in [3.63, 3.8) is 0 Å². The fraction of sp³-hybridized carbons (Fsp3) is 0.389. The molecule has 132 valence electrons. The average molecular weight is 362 g/mol. The van der Waals surface area contributed by atoms with E-state index in [0.29, 0.717) is 30.3 Å². The molecule has 7 heteroatoms. The highest BCUT2D eigenvalue weighted by Crippen LogP contribution is 2.19. The average Bonchev–Trinajstić information content (AvgIpc) is 3.22. The topological polar surface area (TPSA) is 75.4 Å². The van der Waals surface area contributed by atoms with Gasteiger partial charge in [0.05, 0.1) is 12.1 Å². The molecular weight excluding hydrogens is 342 g/mol. The number of amides is 2. The molecule has 1 aliphatic rings. The first-order chi connectivity index (χ1) is 12.0. The van der Waals surface area contributed by atoms with Gasteiger partial charge in [-0.05, 0) is 37.5 Å². The van der Waals surface area contributed by atoms with E-state index < -0.39 is 6.04 Å². The van der Waals surface area contributed by atoms with Crippen LogP contribution in [0, 0.1) is 6.92 Å². The first-order valence-corrected chi connectivity index (χ1v) is 8.64. The van der Waals surface area contributed by atoms with Gasteiger partial charge in [-0.3, -0.25) is 9.59 Å². The standard InChI is InChI=1S/C18H20ClN3O3/c1-12-8-15(25-21-12)10-17(23)22-7-3-6-16(22)18(24)20-11-13-4-2-5-14(19)9-13/h2,4-5,8-9,16H,3,6-7,10-11H2,1H3,(H,20,24). The predicted molar refractivity (Wildman–Crippen MR) is 93.0 cm³/mol. The summed E-state index contributed by atoms with van der Waals surface area (Å²) < 4.78 is 5.10. The van der Waals surface area contributed by atoms with Crippen LogP contribution in [-0.2, 0) is 22.6 Å². The van der Waals surface area contributed by atoms with E-state index in [4.69, 9.17) is 16.1 Å². The number of rotatable bonds is 5. The van der Waals surface area contributed by atoms with Gasteiger partial charge in [-0.15, -0.1) is 0 Å². The van der Waals surface area contributed by atoms with E-state index >= 15 is 0 Å². The van der Waals surface area contributed by atoms with E-state index in [0.717, 1.165) is 17.7 Å². The van der Waals surface area contributed by atoms with Gasteiger partial charge < -0.3 is 14.7 Å². The molecule has 1 aromatic heterocycles. The number of nitrogens with one attached hydrogen (secondary N) is 1. The number of carbonyl (C=O) groups is 2. The van der Waals surface area contributed by atoms with E-state index in [1.54, 1.807) is 24.0 Å². The van der Waals surface area contributed by atoms with Crippen LogP contribution in [-0.4, -0.2) is 34.5 Å². The molecule has 2 aromatic rings. The van der Waals surface area contributed by atoms with Crippen molar-refractivity contribution >= 4 is 23.4 Å². The second kappa shape index (κ2) is 7.70. The van der Waals surface area contributed by atoms with Gasteiger partial charge in [-0.2, -0.15) is 0 Å². The van der Waals surface area contributed by atoms with Crippen LogP contribution in [0.5, 0.6) is 0 Å². The van der Waals surface area contributed by atoms with Crippen molar-refractivity contribution in [3.8, 4) is 0 Å². The minimum atomic E-state index is -0.435. The lowest BCUT2D eigenvalue weighted by atomic mass is 10.1. The fourth-order valence-electron chi connectivity index (χ4n) is 3.04. The van der Waals surface area contributed by atoms with Crippen LogP contribution in [0.1, 0.15) is 29.9 Å². The molecule has 0 radical (unpaired) electrons. The molecule has 1 atom stereocenters. The molecule has 0 bridgehead atoms. The molecule has 1 unspecified atom stereocenters. The monoisotopic (exact) mass is 361 g/mol. The van der Waals surface area contributed by atoms with Gasteiger partial charge in [0.1, 0.15) is 11.8 Å². The lowest BCUT2D eigenvalue weighted by Gasteiger charge is -2.23. The molecule has 1 saturated heterocycles. The summed E-state index contributed by atoms with van der Waals surface area (Å²) in [6, 6.07) is 8.64. The second-order valence-corrected chi connectivity index (χ2v) is 6.64. The van der Waals surface area contributed by atoms with Crippen LogP contribution >= 0.6 is 11.6 Å². The second-order valence-electron chi connectivity index (χ2n) is 6.20. The van der Waals surface area contributed by atoms with Gasteiger partial charge in [-0.1, -0.05) is 28.9 Å². The molecule has 3 rings (SSSR count). The van der Waals surface area contributed by atoms with Crippen molar-refractivity contribution in [2.45, 2.75) is 38.8 Å². The minimum Gasteiger partial charge on any atom is -0.361 e. The third-order valence-corrected chi connectivity index (χ3v) is 4.47. The van der Waals surface area contributed by atoms with Gasteiger partial charge >= 0.3 is 0 Å². The van der Waals surface area contributed by atoms with E-state index in [-0.39, 0.29) is 18.2 Å². The van der Waals surface area contributed by atoms with Gasteiger partial charge in [0.15, 0.2) is 0 Å². The summed E-state index contributed by atoms with van der Waals surface area (Å²) in [4.78, 5) is 26.6. The highest BCUT2D eigenvalue weighted by Gasteiger charge is 2.34. The zero-order valence-electron chi connectivity index (χ0n) is 14.0. The smallest absolute Gasteiger partial charge is 0.243 e. The number of hydrogen-bond acceptors (Lipinski definition) is 4. The van der Waals surface area contributed by atoms with Crippen molar-refractivity contribution in [1.82, 2.24) is 15.4 Å². The van der Waals surface area contributed by atoms with Gasteiger partial charge in [-0.25, -0.2) is 0 Å². The maximum atomic E-state index is 12.5. The zero-order chi connectivity index (χ0) is 17.8. The maximum absolute atomic E-state index is 12.5. The van der Waals surface area contributed by atoms with Crippen molar-refractivity contribution in [2.24, 2.45) is 0 Å². The summed E-state index contributed by atoms with van der Waals surface area (Å²) in [5, 5.41) is 7.31. The summed E-state index contributed by atoms with van der Waals surface area (Å²) in [5.41, 5.74) is 1.66. The first-order valence-electron chi connectivity index (χ1n) is 8.27. The maximum Gasteiger partial charge on any atom is 0.243 e. The third kappa shape index (κ3) is 4.39. The number of aromatic nitrogens is 1. The van der Waals surface area contributed by atoms with Crippen LogP contribution in [0.2, 0.25) is 5.02 Å². The Labute approximate surface area is 151 Å². The minimum absolute atomic E-state index is 0.114. The van der Waals surface area contributed by atoms with Gasteiger partial charge in [0.2, 0.25) is 11.8 Å². The summed E-state index contributed by atoms with van der Waals surface area (Å²) in [6.45, 7) is 2.78. The molecule has 1 N–H and O–H groups in total. The van der Waals surface area contributed by atoms with Crippen molar-refractivity contribution < 1.29 is 14.1 Å². The SMILES string of the molecule is Cc1cc(CC(=O)N2CCCC2C(=O)NCc2cccc(Cl)c2)on1. The number of likely N-dealkylation sites (tertiary alicyclic amines) is 1. The van der Waals surface area contributed by atoms with Crippen molar-refractivity contribution in [3.05, 3.63) is 52.4 Å². The van der Waals surface area contributed by atoms with E-state index in [1.165, 1.54) is 0 Å². The molecule has 1 aliphatic heterocycles. The molecule has 1 aromatic carbocycles. The Morgan fingerprint density at radius 2 is 2.24 bits per heavy atom. The first kappa shape index (κ1) is 17.5. The summed E-state index contributed by atoms with van der Waals surface area (Å²) in [5.74, 6) is 0.267. The molecular formula is C18H20ClN3O3. The lowest BCUT2D eigenvalue weighted by Crippen LogP contribution is -2.46. The molecule has 1 fully saturated rings. The Morgan fingerprint density at radius 3 is 2.96 bits per heavy atom. The van der Waals surface area contributed by atoms with Crippen molar-refractivity contribution in [2.75, 3.05) is 6.54 Å². The Balaban J connectivity index is 1.58. The number of hydrogen-bond donors (Lipinski definition) is 1. The third-order valence-electron chi connectivity index (χ3n) is 4.23. The van der Waals surface area contributed by atoms with Crippen molar-refractivity contribution in [1.29, 1.82) is 0 Å². The Hall–Kier alpha value is -2.34. The molecule has 0 spiro atoms. The highest BCUT2D eigenvalue weighted by atomic mass is 35.5. The highest BCUT2D eigenvalue weighted by molar-refractivity contribution is 6.30. The lowest BCUT2D eigenvalue weighted by molar-refractivity contribution is -0.138.